The molecule has 23 heavy (non-hydrogen) atoms. The van der Waals surface area contributed by atoms with Crippen molar-refractivity contribution in [3.05, 3.63) is 16.0 Å². The summed E-state index contributed by atoms with van der Waals surface area (Å²) in [5.41, 5.74) is 1.64. The van der Waals surface area contributed by atoms with Gasteiger partial charge >= 0.3 is 12.0 Å². The average molecular weight is 337 g/mol. The van der Waals surface area contributed by atoms with E-state index in [1.165, 1.54) is 23.3 Å². The van der Waals surface area contributed by atoms with Crippen molar-refractivity contribution < 1.29 is 14.3 Å². The molecule has 0 atom stereocenters. The van der Waals surface area contributed by atoms with Gasteiger partial charge in [-0.25, -0.2) is 9.59 Å². The number of urea groups is 1. The van der Waals surface area contributed by atoms with E-state index in [1.807, 2.05) is 0 Å². The van der Waals surface area contributed by atoms with Gasteiger partial charge in [0.25, 0.3) is 0 Å². The summed E-state index contributed by atoms with van der Waals surface area (Å²) in [5, 5.41) is 3.60. The number of carbonyl (C=O) groups is 2. The number of methoxy groups -OCH3 is 1. The third-order valence-electron chi connectivity index (χ3n) is 4.57. The monoisotopic (exact) mass is 337 g/mol. The predicted molar refractivity (Wildman–Crippen MR) is 90.4 cm³/mol. The number of nitrogens with zero attached hydrogens (tertiary/aromatic N) is 2. The zero-order chi connectivity index (χ0) is 16.4. The van der Waals surface area contributed by atoms with Crippen LogP contribution in [0.3, 0.4) is 0 Å². The van der Waals surface area contributed by atoms with Crippen molar-refractivity contribution in [3.63, 3.8) is 0 Å². The molecule has 2 heterocycles. The van der Waals surface area contributed by atoms with Gasteiger partial charge in [-0.15, -0.1) is 11.3 Å². The summed E-state index contributed by atoms with van der Waals surface area (Å²) in [6.45, 7) is 3.17. The summed E-state index contributed by atoms with van der Waals surface area (Å²) in [6.07, 6.45) is 4.09. The fraction of sp³-hybridized carbons (Fsp3) is 0.625. The van der Waals surface area contributed by atoms with E-state index in [4.69, 9.17) is 4.74 Å². The normalized spacial score (nSPS) is 18.4. The van der Waals surface area contributed by atoms with Crippen molar-refractivity contribution >= 4 is 28.3 Å². The van der Waals surface area contributed by atoms with Crippen molar-refractivity contribution in [1.82, 2.24) is 9.80 Å². The number of anilines is 1. The summed E-state index contributed by atoms with van der Waals surface area (Å²) in [7, 11) is 3.44. The van der Waals surface area contributed by atoms with Gasteiger partial charge in [0.1, 0.15) is 5.00 Å². The van der Waals surface area contributed by atoms with Crippen LogP contribution < -0.4 is 5.32 Å². The number of likely N-dealkylation sites (N-methyl/N-ethyl adjacent to an activating group) is 1. The molecule has 0 saturated carbocycles. The zero-order valence-corrected chi connectivity index (χ0v) is 14.5. The number of nitrogens with one attached hydrogen (secondary N) is 1. The minimum absolute atomic E-state index is 0.123. The van der Waals surface area contributed by atoms with Gasteiger partial charge in [0.15, 0.2) is 0 Å². The zero-order valence-electron chi connectivity index (χ0n) is 13.7. The van der Waals surface area contributed by atoms with E-state index in [0.717, 1.165) is 44.3 Å². The van der Waals surface area contributed by atoms with E-state index in [1.54, 1.807) is 4.90 Å². The summed E-state index contributed by atoms with van der Waals surface area (Å²) < 4.78 is 4.94. The Morgan fingerprint density at radius 1 is 1.13 bits per heavy atom. The van der Waals surface area contributed by atoms with Crippen LogP contribution in [0.25, 0.3) is 0 Å². The highest BCUT2D eigenvalue weighted by atomic mass is 32.1. The molecule has 126 valence electrons. The number of carbonyl (C=O) groups excluding carboxylic acids is 2. The highest BCUT2D eigenvalue weighted by molar-refractivity contribution is 7.17. The highest BCUT2D eigenvalue weighted by Crippen LogP contribution is 2.38. The van der Waals surface area contributed by atoms with Crippen molar-refractivity contribution in [3.8, 4) is 0 Å². The van der Waals surface area contributed by atoms with E-state index >= 15 is 0 Å². The molecule has 0 radical (unpaired) electrons. The van der Waals surface area contributed by atoms with Crippen LogP contribution in [0.1, 0.15) is 33.6 Å². The van der Waals surface area contributed by atoms with Crippen molar-refractivity contribution in [2.75, 3.05) is 45.7 Å². The number of ether oxygens (including phenoxy) is 1. The van der Waals surface area contributed by atoms with Crippen molar-refractivity contribution in [2.24, 2.45) is 0 Å². The van der Waals surface area contributed by atoms with Gasteiger partial charge in [0.05, 0.1) is 12.7 Å². The number of esters is 1. The van der Waals surface area contributed by atoms with Gasteiger partial charge in [-0.1, -0.05) is 0 Å². The number of piperazine rings is 1. The molecule has 1 N–H and O–H groups in total. The van der Waals surface area contributed by atoms with Crippen LogP contribution >= 0.6 is 11.3 Å². The van der Waals surface area contributed by atoms with Crippen LogP contribution in [0.2, 0.25) is 0 Å². The smallest absolute Gasteiger partial charge is 0.341 e. The first-order chi connectivity index (χ1) is 11.1. The number of amides is 2. The molecular formula is C16H23N3O3S. The first kappa shape index (κ1) is 16.3. The molecule has 0 spiro atoms. The van der Waals surface area contributed by atoms with Gasteiger partial charge in [0, 0.05) is 31.1 Å². The Morgan fingerprint density at radius 3 is 2.52 bits per heavy atom. The number of hydrogen-bond donors (Lipinski definition) is 1. The molecule has 1 aliphatic carbocycles. The Balaban J connectivity index is 1.80. The molecule has 7 heteroatoms. The lowest BCUT2D eigenvalue weighted by atomic mass is 9.95. The number of aryl methyl sites for hydroxylation is 1. The van der Waals surface area contributed by atoms with Gasteiger partial charge < -0.3 is 14.5 Å². The fourth-order valence-electron chi connectivity index (χ4n) is 3.16. The fourth-order valence-corrected chi connectivity index (χ4v) is 4.42. The summed E-state index contributed by atoms with van der Waals surface area (Å²) in [5.74, 6) is -0.349. The summed E-state index contributed by atoms with van der Waals surface area (Å²) in [6, 6.07) is -0.123. The van der Waals surface area contributed by atoms with Gasteiger partial charge in [-0.05, 0) is 38.3 Å². The Hall–Kier alpha value is -1.60. The molecule has 1 saturated heterocycles. The third-order valence-corrected chi connectivity index (χ3v) is 5.78. The standard InChI is InChI=1S/C16H23N3O3S/c1-18-7-9-19(10-8-18)16(21)17-14-13(15(20)22-2)11-5-3-4-6-12(11)23-14/h3-10H2,1-2H3,(H,17,21). The van der Waals surface area contributed by atoms with E-state index in [0.29, 0.717) is 23.7 Å². The lowest BCUT2D eigenvalue weighted by Crippen LogP contribution is -2.48. The molecule has 1 aliphatic heterocycles. The minimum Gasteiger partial charge on any atom is -0.465 e. The van der Waals surface area contributed by atoms with Gasteiger partial charge in [-0.3, -0.25) is 5.32 Å². The minimum atomic E-state index is -0.349. The van der Waals surface area contributed by atoms with Crippen LogP contribution in [0.4, 0.5) is 9.80 Å². The van der Waals surface area contributed by atoms with Gasteiger partial charge in [-0.2, -0.15) is 0 Å². The molecule has 1 aromatic heterocycles. The Bertz CT molecular complexity index is 606. The quantitative estimate of drug-likeness (QED) is 0.841. The van der Waals surface area contributed by atoms with Crippen LogP contribution in [0.5, 0.6) is 0 Å². The Morgan fingerprint density at radius 2 is 1.83 bits per heavy atom. The Kier molecular flexibility index (Phi) is 4.87. The first-order valence-corrected chi connectivity index (χ1v) is 8.89. The maximum Gasteiger partial charge on any atom is 0.341 e. The topological polar surface area (TPSA) is 61.9 Å². The number of hydrogen-bond acceptors (Lipinski definition) is 5. The van der Waals surface area contributed by atoms with Crippen molar-refractivity contribution in [2.45, 2.75) is 25.7 Å². The van der Waals surface area contributed by atoms with E-state index in [9.17, 15) is 9.59 Å². The van der Waals surface area contributed by atoms with E-state index < -0.39 is 0 Å². The SMILES string of the molecule is COC(=O)c1c(NC(=O)N2CCN(C)CC2)sc2c1CCCC2. The highest BCUT2D eigenvalue weighted by Gasteiger charge is 2.28. The Labute approximate surface area is 140 Å². The van der Waals surface area contributed by atoms with Crippen molar-refractivity contribution in [1.29, 1.82) is 0 Å². The largest absolute Gasteiger partial charge is 0.465 e. The molecule has 1 aromatic rings. The van der Waals surface area contributed by atoms with E-state index in [-0.39, 0.29) is 12.0 Å². The molecule has 2 amide bonds. The molecule has 0 bridgehead atoms. The number of thiophene rings is 1. The number of rotatable bonds is 2. The average Bonchev–Trinajstić information content (AvgIpc) is 2.92. The van der Waals surface area contributed by atoms with Crippen LogP contribution in [0, 0.1) is 0 Å². The molecular weight excluding hydrogens is 314 g/mol. The summed E-state index contributed by atoms with van der Waals surface area (Å²) in [4.78, 5) is 29.9. The lowest BCUT2D eigenvalue weighted by Gasteiger charge is -2.32. The second kappa shape index (κ2) is 6.88. The lowest BCUT2D eigenvalue weighted by molar-refractivity contribution is 0.0601. The van der Waals surface area contributed by atoms with Crippen LogP contribution in [-0.2, 0) is 17.6 Å². The molecule has 6 nitrogen and oxygen atoms in total. The molecule has 3 rings (SSSR count). The van der Waals surface area contributed by atoms with E-state index in [2.05, 4.69) is 17.3 Å². The second-order valence-corrected chi connectivity index (χ2v) is 7.23. The van der Waals surface area contributed by atoms with Gasteiger partial charge in [0.2, 0.25) is 0 Å². The number of fused-ring (bicyclic) bond motifs is 1. The van der Waals surface area contributed by atoms with Crippen LogP contribution in [0.15, 0.2) is 0 Å². The molecule has 2 aliphatic rings. The maximum atomic E-state index is 12.5. The maximum absolute atomic E-state index is 12.5. The van der Waals surface area contributed by atoms with Crippen LogP contribution in [-0.4, -0.2) is 62.1 Å². The molecule has 0 aromatic carbocycles. The predicted octanol–water partition coefficient (Wildman–Crippen LogP) is 2.19. The first-order valence-electron chi connectivity index (χ1n) is 8.07. The third kappa shape index (κ3) is 3.35. The molecule has 1 fully saturated rings. The summed E-state index contributed by atoms with van der Waals surface area (Å²) >= 11 is 1.53. The molecule has 0 unspecified atom stereocenters. The second-order valence-electron chi connectivity index (χ2n) is 6.13.